The topological polar surface area (TPSA) is 58.6 Å². The molecule has 0 saturated carbocycles. The molecule has 7 heteroatoms. The van der Waals surface area contributed by atoms with E-state index in [-0.39, 0.29) is 0 Å². The van der Waals surface area contributed by atoms with E-state index in [0.717, 1.165) is 16.9 Å². The van der Waals surface area contributed by atoms with Gasteiger partial charge in [-0.15, -0.1) is 0 Å². The lowest BCUT2D eigenvalue weighted by Gasteiger charge is -2.18. The van der Waals surface area contributed by atoms with Crippen molar-refractivity contribution in [2.24, 2.45) is 0 Å². The van der Waals surface area contributed by atoms with E-state index in [1.807, 2.05) is 37.4 Å². The van der Waals surface area contributed by atoms with Crippen LogP contribution in [-0.4, -0.2) is 29.1 Å². The van der Waals surface area contributed by atoms with E-state index in [1.54, 1.807) is 23.9 Å². The second kappa shape index (κ2) is 10.8. The van der Waals surface area contributed by atoms with Gasteiger partial charge in [0.2, 0.25) is 0 Å². The molecule has 0 radical (unpaired) electrons. The van der Waals surface area contributed by atoms with Gasteiger partial charge < -0.3 is 15.2 Å². The van der Waals surface area contributed by atoms with Crippen LogP contribution >= 0.6 is 35.0 Å². The first-order valence-electron chi connectivity index (χ1n) is 8.52. The molecule has 0 heterocycles. The zero-order chi connectivity index (χ0) is 19.8. The van der Waals surface area contributed by atoms with E-state index in [1.165, 1.54) is 5.56 Å². The predicted molar refractivity (Wildman–Crippen MR) is 113 cm³/mol. The Morgan fingerprint density at radius 3 is 2.59 bits per heavy atom. The molecule has 0 bridgehead atoms. The quantitative estimate of drug-likeness (QED) is 0.546. The number of aliphatic carboxylic acids is 1. The van der Waals surface area contributed by atoms with Crippen molar-refractivity contribution in [1.82, 2.24) is 5.32 Å². The van der Waals surface area contributed by atoms with Crippen molar-refractivity contribution in [3.63, 3.8) is 0 Å². The Morgan fingerprint density at radius 1 is 1.26 bits per heavy atom. The Morgan fingerprint density at radius 2 is 1.96 bits per heavy atom. The number of ether oxygens (including phenoxy) is 1. The van der Waals surface area contributed by atoms with Crippen molar-refractivity contribution >= 4 is 40.9 Å². The van der Waals surface area contributed by atoms with Crippen molar-refractivity contribution < 1.29 is 14.6 Å². The van der Waals surface area contributed by atoms with E-state index in [4.69, 9.17) is 27.9 Å². The summed E-state index contributed by atoms with van der Waals surface area (Å²) in [5.41, 5.74) is 2.93. The molecule has 2 aromatic carbocycles. The maximum atomic E-state index is 11.4. The lowest BCUT2D eigenvalue weighted by Crippen LogP contribution is -2.36. The fourth-order valence-corrected chi connectivity index (χ4v) is 3.59. The van der Waals surface area contributed by atoms with E-state index < -0.39 is 12.0 Å². The minimum atomic E-state index is -0.876. The smallest absolute Gasteiger partial charge is 0.320 e. The number of rotatable bonds is 10. The summed E-state index contributed by atoms with van der Waals surface area (Å²) in [6, 6.07) is 10.8. The lowest BCUT2D eigenvalue weighted by molar-refractivity contribution is -0.139. The second-order valence-electron chi connectivity index (χ2n) is 6.20. The summed E-state index contributed by atoms with van der Waals surface area (Å²) in [5.74, 6) is 0.402. The normalized spacial score (nSPS) is 12.0. The molecule has 27 heavy (non-hydrogen) atoms. The number of hydrogen-bond acceptors (Lipinski definition) is 4. The summed E-state index contributed by atoms with van der Waals surface area (Å²) in [6.45, 7) is 2.69. The number of carbonyl (C=O) groups is 1. The molecule has 0 aliphatic heterocycles. The molecule has 2 N–H and O–H groups in total. The Labute approximate surface area is 174 Å². The van der Waals surface area contributed by atoms with Gasteiger partial charge in [0, 0.05) is 17.1 Å². The van der Waals surface area contributed by atoms with Gasteiger partial charge in [-0.05, 0) is 43.0 Å². The van der Waals surface area contributed by atoms with Crippen LogP contribution in [0.25, 0.3) is 0 Å². The highest BCUT2D eigenvalue weighted by atomic mass is 35.5. The highest BCUT2D eigenvalue weighted by molar-refractivity contribution is 7.98. The van der Waals surface area contributed by atoms with Gasteiger partial charge in [-0.25, -0.2) is 0 Å². The van der Waals surface area contributed by atoms with Crippen molar-refractivity contribution in [1.29, 1.82) is 0 Å². The summed E-state index contributed by atoms with van der Waals surface area (Å²) in [5, 5.41) is 13.3. The number of aryl methyl sites for hydroxylation is 1. The SMILES string of the molecule is CSCCC(NCc1cc(Cl)cc(Cl)c1OCc1ccc(C)cc1)C(=O)O. The van der Waals surface area contributed by atoms with Crippen LogP contribution in [0, 0.1) is 6.92 Å². The number of carboxylic acids is 1. The second-order valence-corrected chi connectivity index (χ2v) is 8.03. The maximum absolute atomic E-state index is 11.4. The molecule has 0 fully saturated rings. The van der Waals surface area contributed by atoms with Crippen LogP contribution in [-0.2, 0) is 17.9 Å². The van der Waals surface area contributed by atoms with E-state index in [0.29, 0.717) is 35.4 Å². The largest absolute Gasteiger partial charge is 0.487 e. The Kier molecular flexibility index (Phi) is 8.77. The first kappa shape index (κ1) is 21.9. The van der Waals surface area contributed by atoms with E-state index in [2.05, 4.69) is 5.32 Å². The minimum Gasteiger partial charge on any atom is -0.487 e. The lowest BCUT2D eigenvalue weighted by atomic mass is 10.1. The molecule has 0 aliphatic carbocycles. The predicted octanol–water partition coefficient (Wildman–Crippen LogP) is 5.18. The van der Waals surface area contributed by atoms with Crippen molar-refractivity contribution in [3.05, 3.63) is 63.1 Å². The van der Waals surface area contributed by atoms with Gasteiger partial charge in [-0.3, -0.25) is 4.79 Å². The molecule has 0 aromatic heterocycles. The zero-order valence-corrected chi connectivity index (χ0v) is 17.6. The standard InChI is InChI=1S/C20H23Cl2NO3S/c1-13-3-5-14(6-4-13)12-26-19-15(9-16(21)10-17(19)22)11-23-18(20(24)25)7-8-27-2/h3-6,9-10,18,23H,7-8,11-12H2,1-2H3,(H,24,25). The van der Waals surface area contributed by atoms with Crippen molar-refractivity contribution in [3.8, 4) is 5.75 Å². The summed E-state index contributed by atoms with van der Waals surface area (Å²) < 4.78 is 5.94. The van der Waals surface area contributed by atoms with Gasteiger partial charge in [-0.2, -0.15) is 11.8 Å². The summed E-state index contributed by atoms with van der Waals surface area (Å²) in [7, 11) is 0. The molecule has 4 nitrogen and oxygen atoms in total. The highest BCUT2D eigenvalue weighted by Crippen LogP contribution is 2.33. The molecular formula is C20H23Cl2NO3S. The van der Waals surface area contributed by atoms with Gasteiger partial charge in [-0.1, -0.05) is 53.0 Å². The Balaban J connectivity index is 2.12. The molecular weight excluding hydrogens is 405 g/mol. The van der Waals surface area contributed by atoms with Gasteiger partial charge in [0.1, 0.15) is 18.4 Å². The van der Waals surface area contributed by atoms with Gasteiger partial charge >= 0.3 is 5.97 Å². The van der Waals surface area contributed by atoms with Crippen molar-refractivity contribution in [2.45, 2.75) is 32.5 Å². The average Bonchev–Trinajstić information content (AvgIpc) is 2.62. The molecule has 0 spiro atoms. The molecule has 1 atom stereocenters. The van der Waals surface area contributed by atoms with Crippen LogP contribution < -0.4 is 10.1 Å². The number of carboxylic acid groups (broad SMARTS) is 1. The molecule has 2 aromatic rings. The van der Waals surface area contributed by atoms with E-state index in [9.17, 15) is 9.90 Å². The molecule has 0 amide bonds. The fourth-order valence-electron chi connectivity index (χ4n) is 2.53. The summed E-state index contributed by atoms with van der Waals surface area (Å²) in [6.07, 6.45) is 2.48. The number of halogens is 2. The van der Waals surface area contributed by atoms with Crippen molar-refractivity contribution in [2.75, 3.05) is 12.0 Å². The van der Waals surface area contributed by atoms with Gasteiger partial charge in [0.15, 0.2) is 0 Å². The third-order valence-electron chi connectivity index (χ3n) is 4.04. The number of benzene rings is 2. The van der Waals surface area contributed by atoms with Crippen LogP contribution in [0.3, 0.4) is 0 Å². The molecule has 2 rings (SSSR count). The molecule has 0 saturated heterocycles. The number of thioether (sulfide) groups is 1. The van der Waals surface area contributed by atoms with Crippen LogP contribution in [0.5, 0.6) is 5.75 Å². The maximum Gasteiger partial charge on any atom is 0.320 e. The fraction of sp³-hybridized carbons (Fsp3) is 0.350. The third kappa shape index (κ3) is 6.92. The Bertz CT molecular complexity index is 769. The van der Waals surface area contributed by atoms with Crippen LogP contribution in [0.1, 0.15) is 23.1 Å². The monoisotopic (exact) mass is 427 g/mol. The van der Waals surface area contributed by atoms with E-state index >= 15 is 0 Å². The molecule has 146 valence electrons. The van der Waals surface area contributed by atoms with Crippen LogP contribution in [0.2, 0.25) is 10.0 Å². The zero-order valence-electron chi connectivity index (χ0n) is 15.3. The molecule has 1 unspecified atom stereocenters. The van der Waals surface area contributed by atoms with Crippen LogP contribution in [0.15, 0.2) is 36.4 Å². The minimum absolute atomic E-state index is 0.300. The van der Waals surface area contributed by atoms with Gasteiger partial charge in [0.25, 0.3) is 0 Å². The third-order valence-corrected chi connectivity index (χ3v) is 5.18. The molecule has 0 aliphatic rings. The number of hydrogen-bond donors (Lipinski definition) is 2. The summed E-state index contributed by atoms with van der Waals surface area (Å²) in [4.78, 5) is 11.4. The highest BCUT2D eigenvalue weighted by Gasteiger charge is 2.18. The van der Waals surface area contributed by atoms with Crippen LogP contribution in [0.4, 0.5) is 0 Å². The number of nitrogens with one attached hydrogen (secondary N) is 1. The average molecular weight is 428 g/mol. The summed E-state index contributed by atoms with van der Waals surface area (Å²) >= 11 is 14.1. The first-order chi connectivity index (χ1) is 12.9. The first-order valence-corrected chi connectivity index (χ1v) is 10.7. The Hall–Kier alpha value is -1.40. The van der Waals surface area contributed by atoms with Gasteiger partial charge in [0.05, 0.1) is 5.02 Å².